The molecule has 1 aromatic carbocycles. The molecule has 1 amide bonds. The second-order valence-electron chi connectivity index (χ2n) is 5.26. The summed E-state index contributed by atoms with van der Waals surface area (Å²) in [7, 11) is 5.84. The zero-order valence-corrected chi connectivity index (χ0v) is 11.9. The second-order valence-corrected chi connectivity index (χ2v) is 5.26. The molecule has 4 nitrogen and oxygen atoms in total. The fourth-order valence-electron chi connectivity index (χ4n) is 1.46. The van der Waals surface area contributed by atoms with Gasteiger partial charge in [-0.15, -0.1) is 0 Å². The Bertz CT molecular complexity index is 396. The van der Waals surface area contributed by atoms with Crippen LogP contribution in [-0.4, -0.2) is 37.5 Å². The Morgan fingerprint density at radius 2 is 1.78 bits per heavy atom. The number of nitrogens with one attached hydrogen (secondary N) is 2. The molecule has 0 radical (unpaired) electrons. The lowest BCUT2D eigenvalue weighted by molar-refractivity contribution is -0.121. The molecule has 0 aliphatic rings. The van der Waals surface area contributed by atoms with Crippen molar-refractivity contribution in [2.75, 3.05) is 26.5 Å². The molecule has 2 N–H and O–H groups in total. The molecule has 0 aliphatic heterocycles. The first kappa shape index (κ1) is 14.7. The minimum absolute atomic E-state index is 0.0367. The maximum absolute atomic E-state index is 11.9. The van der Waals surface area contributed by atoms with E-state index in [-0.39, 0.29) is 5.91 Å². The first-order chi connectivity index (χ1) is 8.35. The highest BCUT2D eigenvalue weighted by molar-refractivity contribution is 5.97. The Kier molecular flexibility index (Phi) is 4.87. The van der Waals surface area contributed by atoms with Gasteiger partial charge in [-0.2, -0.15) is 0 Å². The topological polar surface area (TPSA) is 44.4 Å². The number of hydrogen-bond donors (Lipinski definition) is 2. The molecule has 100 valence electrons. The number of carbonyl (C=O) groups excluding carboxylic acids is 1. The predicted molar refractivity (Wildman–Crippen MR) is 75.6 cm³/mol. The highest BCUT2D eigenvalue weighted by atomic mass is 16.2. The van der Waals surface area contributed by atoms with Crippen molar-refractivity contribution in [1.29, 1.82) is 0 Å². The largest absolute Gasteiger partial charge is 0.325 e. The fraction of sp³-hybridized carbons (Fsp3) is 0.500. The van der Waals surface area contributed by atoms with Crippen molar-refractivity contribution in [2.45, 2.75) is 25.9 Å². The van der Waals surface area contributed by atoms with Crippen molar-refractivity contribution in [1.82, 2.24) is 10.2 Å². The Hall–Kier alpha value is -1.39. The van der Waals surface area contributed by atoms with E-state index in [4.69, 9.17) is 0 Å². The van der Waals surface area contributed by atoms with Crippen molar-refractivity contribution in [3.8, 4) is 0 Å². The van der Waals surface area contributed by atoms with Crippen LogP contribution >= 0.6 is 0 Å². The summed E-state index contributed by atoms with van der Waals surface area (Å²) in [4.78, 5) is 14.1. The lowest BCUT2D eigenvalue weighted by atomic mass is 10.0. The van der Waals surface area contributed by atoms with Gasteiger partial charge in [-0.25, -0.2) is 0 Å². The molecule has 0 saturated heterocycles. The standard InChI is InChI=1S/C14H23N3O/c1-14(2,15-3)13(18)16-12-8-6-11(7-9-12)10-17(4)5/h6-9,15H,10H2,1-5H3,(H,16,18). The molecule has 0 unspecified atom stereocenters. The van der Waals surface area contributed by atoms with Crippen LogP contribution in [0.5, 0.6) is 0 Å². The molecule has 0 heterocycles. The maximum Gasteiger partial charge on any atom is 0.244 e. The van der Waals surface area contributed by atoms with Gasteiger partial charge in [0.1, 0.15) is 0 Å². The predicted octanol–water partition coefficient (Wildman–Crippen LogP) is 1.68. The van der Waals surface area contributed by atoms with Gasteiger partial charge in [-0.05, 0) is 52.7 Å². The average molecular weight is 249 g/mol. The molecule has 0 bridgehead atoms. The van der Waals surface area contributed by atoms with Crippen molar-refractivity contribution in [3.05, 3.63) is 29.8 Å². The Morgan fingerprint density at radius 1 is 1.22 bits per heavy atom. The van der Waals surface area contributed by atoms with Crippen LogP contribution < -0.4 is 10.6 Å². The summed E-state index contributed by atoms with van der Waals surface area (Å²) >= 11 is 0. The van der Waals surface area contributed by atoms with Crippen LogP contribution in [0.1, 0.15) is 19.4 Å². The molecule has 0 fully saturated rings. The van der Waals surface area contributed by atoms with E-state index in [1.807, 2.05) is 52.2 Å². The average Bonchev–Trinajstić information content (AvgIpc) is 2.31. The molecule has 1 aromatic rings. The van der Waals surface area contributed by atoms with Gasteiger partial charge in [0.2, 0.25) is 5.91 Å². The molecule has 0 atom stereocenters. The van der Waals surface area contributed by atoms with Gasteiger partial charge < -0.3 is 15.5 Å². The molecular formula is C14H23N3O. The quantitative estimate of drug-likeness (QED) is 0.834. The Morgan fingerprint density at radius 3 is 2.22 bits per heavy atom. The minimum atomic E-state index is -0.567. The van der Waals surface area contributed by atoms with Crippen molar-refractivity contribution in [3.63, 3.8) is 0 Å². The van der Waals surface area contributed by atoms with Crippen LogP contribution in [0.2, 0.25) is 0 Å². The smallest absolute Gasteiger partial charge is 0.244 e. The molecule has 18 heavy (non-hydrogen) atoms. The van der Waals surface area contributed by atoms with Crippen molar-refractivity contribution < 1.29 is 4.79 Å². The van der Waals surface area contributed by atoms with Gasteiger partial charge in [0.25, 0.3) is 0 Å². The molecule has 0 aromatic heterocycles. The zero-order chi connectivity index (χ0) is 13.8. The molecule has 0 saturated carbocycles. The van der Waals surface area contributed by atoms with E-state index in [1.54, 1.807) is 7.05 Å². The van der Waals surface area contributed by atoms with E-state index in [0.29, 0.717) is 0 Å². The maximum atomic E-state index is 11.9. The summed E-state index contributed by atoms with van der Waals surface area (Å²) in [6.45, 7) is 4.60. The summed E-state index contributed by atoms with van der Waals surface area (Å²) in [5.74, 6) is -0.0367. The summed E-state index contributed by atoms with van der Waals surface area (Å²) in [5.41, 5.74) is 1.49. The summed E-state index contributed by atoms with van der Waals surface area (Å²) in [6, 6.07) is 7.93. The van der Waals surface area contributed by atoms with Gasteiger partial charge in [-0.3, -0.25) is 4.79 Å². The molecule has 0 aliphatic carbocycles. The first-order valence-electron chi connectivity index (χ1n) is 6.09. The Labute approximate surface area is 109 Å². The zero-order valence-electron chi connectivity index (χ0n) is 11.9. The summed E-state index contributed by atoms with van der Waals surface area (Å²) in [5, 5.41) is 5.88. The van der Waals surface area contributed by atoms with Crippen LogP contribution in [0, 0.1) is 0 Å². The number of benzene rings is 1. The van der Waals surface area contributed by atoms with Gasteiger partial charge in [0, 0.05) is 12.2 Å². The number of likely N-dealkylation sites (N-methyl/N-ethyl adjacent to an activating group) is 1. The third-order valence-electron chi connectivity index (χ3n) is 2.90. The van der Waals surface area contributed by atoms with Crippen molar-refractivity contribution >= 4 is 11.6 Å². The van der Waals surface area contributed by atoms with E-state index in [9.17, 15) is 4.79 Å². The van der Waals surface area contributed by atoms with E-state index in [2.05, 4.69) is 15.5 Å². The first-order valence-corrected chi connectivity index (χ1v) is 6.09. The number of hydrogen-bond acceptors (Lipinski definition) is 3. The van der Waals surface area contributed by atoms with Crippen LogP contribution in [0.4, 0.5) is 5.69 Å². The number of nitrogens with zero attached hydrogens (tertiary/aromatic N) is 1. The van der Waals surface area contributed by atoms with Crippen LogP contribution in [0.25, 0.3) is 0 Å². The van der Waals surface area contributed by atoms with E-state index >= 15 is 0 Å². The van der Waals surface area contributed by atoms with Crippen LogP contribution in [0.3, 0.4) is 0 Å². The van der Waals surface area contributed by atoms with Crippen molar-refractivity contribution in [2.24, 2.45) is 0 Å². The minimum Gasteiger partial charge on any atom is -0.325 e. The highest BCUT2D eigenvalue weighted by Crippen LogP contribution is 2.13. The third-order valence-corrected chi connectivity index (χ3v) is 2.90. The Balaban J connectivity index is 2.67. The third kappa shape index (κ3) is 4.13. The highest BCUT2D eigenvalue weighted by Gasteiger charge is 2.24. The molecular weight excluding hydrogens is 226 g/mol. The number of anilines is 1. The SMILES string of the molecule is CNC(C)(C)C(=O)Nc1ccc(CN(C)C)cc1. The lowest BCUT2D eigenvalue weighted by Crippen LogP contribution is -2.47. The monoisotopic (exact) mass is 249 g/mol. The van der Waals surface area contributed by atoms with E-state index in [1.165, 1.54) is 5.56 Å². The molecule has 1 rings (SSSR count). The molecule has 0 spiro atoms. The van der Waals surface area contributed by atoms with Crippen LogP contribution in [0.15, 0.2) is 24.3 Å². The van der Waals surface area contributed by atoms with Gasteiger partial charge in [0.15, 0.2) is 0 Å². The second kappa shape index (κ2) is 5.98. The van der Waals surface area contributed by atoms with Gasteiger partial charge in [-0.1, -0.05) is 12.1 Å². The fourth-order valence-corrected chi connectivity index (χ4v) is 1.46. The van der Waals surface area contributed by atoms with E-state index in [0.717, 1.165) is 12.2 Å². The van der Waals surface area contributed by atoms with E-state index < -0.39 is 5.54 Å². The number of amides is 1. The normalized spacial score (nSPS) is 11.7. The molecule has 4 heteroatoms. The summed E-state index contributed by atoms with van der Waals surface area (Å²) < 4.78 is 0. The lowest BCUT2D eigenvalue weighted by Gasteiger charge is -2.22. The van der Waals surface area contributed by atoms with Crippen LogP contribution in [-0.2, 0) is 11.3 Å². The summed E-state index contributed by atoms with van der Waals surface area (Å²) in [6.07, 6.45) is 0. The number of carbonyl (C=O) groups is 1. The van der Waals surface area contributed by atoms with Gasteiger partial charge in [0.05, 0.1) is 5.54 Å². The van der Waals surface area contributed by atoms with Gasteiger partial charge >= 0.3 is 0 Å². The number of rotatable bonds is 5.